The molecule has 9 nitrogen and oxygen atoms in total. The normalized spacial score (nSPS) is 11.7. The smallest absolute Gasteiger partial charge is 0.327 e. The van der Waals surface area contributed by atoms with Crippen molar-refractivity contribution in [3.8, 4) is 34.0 Å². The number of carbonyl (C=O) groups excluding carboxylic acids is 1. The minimum Gasteiger partial charge on any atom is -0.508 e. The quantitative estimate of drug-likeness (QED) is 0.515. The summed E-state index contributed by atoms with van der Waals surface area (Å²) in [5.41, 5.74) is 2.15. The van der Waals surface area contributed by atoms with Crippen LogP contribution in [0.2, 0.25) is 0 Å². The third-order valence-corrected chi connectivity index (χ3v) is 6.03. The Bertz CT molecular complexity index is 1250. The summed E-state index contributed by atoms with van der Waals surface area (Å²) in [6.45, 7) is 5.48. The number of aromatic nitrogens is 3. The van der Waals surface area contributed by atoms with Crippen LogP contribution in [0.25, 0.3) is 22.5 Å². The second-order valence-electron chi connectivity index (χ2n) is 7.63. The average molecular weight is 460 g/mol. The van der Waals surface area contributed by atoms with Gasteiger partial charge in [0.15, 0.2) is 9.84 Å². The van der Waals surface area contributed by atoms with Crippen LogP contribution in [0.1, 0.15) is 32.3 Å². The third kappa shape index (κ3) is 4.75. The molecule has 0 radical (unpaired) electrons. The molecule has 0 saturated carbocycles. The van der Waals surface area contributed by atoms with E-state index in [-0.39, 0.29) is 41.2 Å². The first-order valence-corrected chi connectivity index (χ1v) is 11.9. The Labute approximate surface area is 186 Å². The highest BCUT2D eigenvalue weighted by Gasteiger charge is 2.23. The van der Waals surface area contributed by atoms with Gasteiger partial charge in [0.1, 0.15) is 23.7 Å². The van der Waals surface area contributed by atoms with Gasteiger partial charge in [-0.2, -0.15) is 0 Å². The summed E-state index contributed by atoms with van der Waals surface area (Å²) in [6, 6.07) is 8.94. The van der Waals surface area contributed by atoms with Gasteiger partial charge in [0.2, 0.25) is 0 Å². The number of sulfone groups is 1. The Kier molecular flexibility index (Phi) is 6.54. The molecule has 1 heterocycles. The van der Waals surface area contributed by atoms with E-state index in [1.807, 2.05) is 13.8 Å². The van der Waals surface area contributed by atoms with E-state index in [9.17, 15) is 23.4 Å². The van der Waals surface area contributed by atoms with Crippen LogP contribution in [-0.2, 0) is 25.9 Å². The van der Waals surface area contributed by atoms with Gasteiger partial charge < -0.3 is 14.9 Å². The molecular formula is C22H25N3O6S. The molecule has 170 valence electrons. The number of nitrogens with zero attached hydrogens (tertiary/aromatic N) is 3. The van der Waals surface area contributed by atoms with Crippen molar-refractivity contribution in [1.82, 2.24) is 15.0 Å². The minimum absolute atomic E-state index is 0.0265. The molecule has 0 fully saturated rings. The molecule has 0 amide bonds. The highest BCUT2D eigenvalue weighted by molar-refractivity contribution is 7.90. The topological polar surface area (TPSA) is 132 Å². The number of rotatable bonds is 7. The summed E-state index contributed by atoms with van der Waals surface area (Å²) >= 11 is 0. The van der Waals surface area contributed by atoms with Crippen molar-refractivity contribution in [2.24, 2.45) is 0 Å². The number of hydrogen-bond acceptors (Lipinski definition) is 8. The highest BCUT2D eigenvalue weighted by atomic mass is 32.2. The summed E-state index contributed by atoms with van der Waals surface area (Å²) in [5, 5.41) is 29.0. The van der Waals surface area contributed by atoms with Gasteiger partial charge in [-0.05, 0) is 36.6 Å². The zero-order chi connectivity index (χ0) is 23.6. The molecule has 0 aliphatic heterocycles. The van der Waals surface area contributed by atoms with Crippen LogP contribution in [0.4, 0.5) is 0 Å². The van der Waals surface area contributed by atoms with Crippen LogP contribution in [0.5, 0.6) is 11.5 Å². The van der Waals surface area contributed by atoms with Crippen LogP contribution in [-0.4, -0.2) is 52.5 Å². The molecular weight excluding hydrogens is 434 g/mol. The molecule has 32 heavy (non-hydrogen) atoms. The molecule has 2 N–H and O–H groups in total. The van der Waals surface area contributed by atoms with Gasteiger partial charge in [-0.1, -0.05) is 31.2 Å². The number of esters is 1. The molecule has 1 aromatic heterocycles. The fourth-order valence-electron chi connectivity index (χ4n) is 3.33. The molecule has 0 atom stereocenters. The van der Waals surface area contributed by atoms with E-state index in [1.165, 1.54) is 22.9 Å². The molecule has 3 aromatic rings. The van der Waals surface area contributed by atoms with E-state index < -0.39 is 15.8 Å². The lowest BCUT2D eigenvalue weighted by Gasteiger charge is -2.13. The van der Waals surface area contributed by atoms with Gasteiger partial charge in [-0.25, -0.2) is 13.1 Å². The van der Waals surface area contributed by atoms with E-state index in [1.54, 1.807) is 25.1 Å². The Hall–Kier alpha value is -3.40. The zero-order valence-corrected chi connectivity index (χ0v) is 19.0. The van der Waals surface area contributed by atoms with Crippen molar-refractivity contribution in [1.29, 1.82) is 0 Å². The second kappa shape index (κ2) is 8.99. The van der Waals surface area contributed by atoms with Crippen molar-refractivity contribution < 1.29 is 28.2 Å². The number of phenols is 2. The summed E-state index contributed by atoms with van der Waals surface area (Å²) in [5.74, 6) is -0.791. The molecule has 10 heteroatoms. The van der Waals surface area contributed by atoms with E-state index in [2.05, 4.69) is 10.3 Å². The number of aromatic hydroxyl groups is 2. The molecule has 2 aromatic carbocycles. The number of benzene rings is 2. The Balaban J connectivity index is 2.21. The van der Waals surface area contributed by atoms with Gasteiger partial charge >= 0.3 is 5.97 Å². The predicted octanol–water partition coefficient (Wildman–Crippen LogP) is 3.11. The molecule has 3 rings (SSSR count). The first-order valence-electron chi connectivity index (χ1n) is 9.98. The lowest BCUT2D eigenvalue weighted by Crippen LogP contribution is -2.15. The van der Waals surface area contributed by atoms with E-state index >= 15 is 0 Å². The van der Waals surface area contributed by atoms with Crippen molar-refractivity contribution in [2.45, 2.75) is 38.1 Å². The fourth-order valence-corrected chi connectivity index (χ4v) is 3.96. The second-order valence-corrected chi connectivity index (χ2v) is 9.64. The monoisotopic (exact) mass is 459 g/mol. The first kappa shape index (κ1) is 23.3. The lowest BCUT2D eigenvalue weighted by atomic mass is 9.96. The van der Waals surface area contributed by atoms with Gasteiger partial charge in [0, 0.05) is 23.4 Å². The van der Waals surface area contributed by atoms with Gasteiger partial charge in [-0.3, -0.25) is 4.79 Å². The number of hydrogen-bond donors (Lipinski definition) is 2. The van der Waals surface area contributed by atoms with E-state index in [4.69, 9.17) is 4.74 Å². The maximum atomic E-state index is 12.1. The maximum Gasteiger partial charge on any atom is 0.327 e. The minimum atomic E-state index is -3.39. The number of phenolic OH excluding ortho intramolecular Hbond substituents is 2. The summed E-state index contributed by atoms with van der Waals surface area (Å²) in [7, 11) is -3.39. The zero-order valence-electron chi connectivity index (χ0n) is 18.2. The average Bonchev–Trinajstić information content (AvgIpc) is 3.10. The predicted molar refractivity (Wildman–Crippen MR) is 118 cm³/mol. The van der Waals surface area contributed by atoms with Crippen LogP contribution in [0.3, 0.4) is 0 Å². The molecule has 0 bridgehead atoms. The molecule has 0 spiro atoms. The fraction of sp³-hybridized carbons (Fsp3) is 0.318. The van der Waals surface area contributed by atoms with Crippen molar-refractivity contribution in [2.75, 3.05) is 12.9 Å². The van der Waals surface area contributed by atoms with Crippen LogP contribution in [0, 0.1) is 0 Å². The largest absolute Gasteiger partial charge is 0.508 e. The summed E-state index contributed by atoms with van der Waals surface area (Å²) in [4.78, 5) is 12.3. The molecule has 0 unspecified atom stereocenters. The maximum absolute atomic E-state index is 12.1. The highest BCUT2D eigenvalue weighted by Crippen LogP contribution is 2.40. The van der Waals surface area contributed by atoms with Gasteiger partial charge in [-0.15, -0.1) is 5.10 Å². The van der Waals surface area contributed by atoms with Crippen LogP contribution in [0.15, 0.2) is 41.3 Å². The first-order chi connectivity index (χ1) is 15.0. The Morgan fingerprint density at radius 1 is 1.12 bits per heavy atom. The SMILES string of the molecule is CCOC(=O)Cn1nnc(-c2cc(C(C)C)c(O)cc2O)c1-c1ccc(S(C)(=O)=O)cc1. The van der Waals surface area contributed by atoms with E-state index in [0.717, 1.165) is 6.26 Å². The van der Waals surface area contributed by atoms with Crippen LogP contribution >= 0.6 is 0 Å². The van der Waals surface area contributed by atoms with Crippen molar-refractivity contribution in [3.63, 3.8) is 0 Å². The van der Waals surface area contributed by atoms with Crippen molar-refractivity contribution in [3.05, 3.63) is 42.0 Å². The summed E-state index contributed by atoms with van der Waals surface area (Å²) in [6.07, 6.45) is 1.11. The standard InChI is InChI=1S/C22H25N3O6S/c1-5-31-20(28)12-25-22(14-6-8-15(9-7-14)32(4,29)30)21(23-24-25)17-10-16(13(2)3)18(26)11-19(17)27/h6-11,13,26-27H,5,12H2,1-4H3. The Morgan fingerprint density at radius 2 is 1.78 bits per heavy atom. The third-order valence-electron chi connectivity index (χ3n) is 4.90. The Morgan fingerprint density at radius 3 is 2.34 bits per heavy atom. The number of ether oxygens (including phenoxy) is 1. The summed E-state index contributed by atoms with van der Waals surface area (Å²) < 4.78 is 30.0. The van der Waals surface area contributed by atoms with Crippen LogP contribution < -0.4 is 0 Å². The molecule has 0 aliphatic rings. The van der Waals surface area contributed by atoms with Gasteiger partial charge in [0.05, 0.1) is 17.2 Å². The molecule has 0 aliphatic carbocycles. The van der Waals surface area contributed by atoms with E-state index in [0.29, 0.717) is 22.4 Å². The van der Waals surface area contributed by atoms with Gasteiger partial charge in [0.25, 0.3) is 0 Å². The molecule has 0 saturated heterocycles. The lowest BCUT2D eigenvalue weighted by molar-refractivity contribution is -0.144. The number of carbonyl (C=O) groups is 1. The van der Waals surface area contributed by atoms with Crippen molar-refractivity contribution >= 4 is 15.8 Å².